The average molecular weight is 444 g/mol. The molecule has 0 radical (unpaired) electrons. The summed E-state index contributed by atoms with van der Waals surface area (Å²) in [5, 5.41) is 12.8. The van der Waals surface area contributed by atoms with Crippen molar-refractivity contribution in [3.05, 3.63) is 87.5 Å². The number of hydrogen-bond acceptors (Lipinski definition) is 4. The second-order valence-electron chi connectivity index (χ2n) is 8.36. The van der Waals surface area contributed by atoms with Crippen LogP contribution in [0, 0.1) is 20.8 Å². The minimum absolute atomic E-state index is 0.0165. The van der Waals surface area contributed by atoms with E-state index in [9.17, 15) is 9.59 Å². The number of carbonyl (C=O) groups excluding carboxylic acids is 1. The molecule has 1 amide bonds. The van der Waals surface area contributed by atoms with Gasteiger partial charge < -0.3 is 5.32 Å². The summed E-state index contributed by atoms with van der Waals surface area (Å²) in [6.45, 7) is 6.86. The predicted molar refractivity (Wildman–Crippen MR) is 130 cm³/mol. The number of benzene rings is 2. The van der Waals surface area contributed by atoms with E-state index in [0.29, 0.717) is 31.4 Å². The molecular weight excluding hydrogens is 414 g/mol. The van der Waals surface area contributed by atoms with E-state index in [2.05, 4.69) is 46.7 Å². The van der Waals surface area contributed by atoms with E-state index in [4.69, 9.17) is 0 Å². The van der Waals surface area contributed by atoms with Crippen molar-refractivity contribution in [3.8, 4) is 5.69 Å². The van der Waals surface area contributed by atoms with Crippen molar-refractivity contribution in [1.29, 1.82) is 0 Å². The van der Waals surface area contributed by atoms with E-state index in [0.717, 1.165) is 28.9 Å². The van der Waals surface area contributed by atoms with Crippen molar-refractivity contribution in [2.24, 2.45) is 0 Å². The molecule has 0 aliphatic rings. The van der Waals surface area contributed by atoms with Crippen LogP contribution >= 0.6 is 0 Å². The Kier molecular flexibility index (Phi) is 6.68. The Morgan fingerprint density at radius 1 is 0.970 bits per heavy atom. The highest BCUT2D eigenvalue weighted by Crippen LogP contribution is 2.21. The largest absolute Gasteiger partial charge is 0.356 e. The van der Waals surface area contributed by atoms with Crippen LogP contribution in [0.3, 0.4) is 0 Å². The quantitative estimate of drug-likeness (QED) is 0.451. The molecule has 4 rings (SSSR count). The maximum absolute atomic E-state index is 13.0. The van der Waals surface area contributed by atoms with E-state index in [1.165, 1.54) is 15.8 Å². The SMILES string of the molecule is Cc1ccc(CCNC(=O)CCCn2nc(C)c3c(C)n(-c4ccccc4)nc3c2=O)cc1. The smallest absolute Gasteiger partial charge is 0.295 e. The van der Waals surface area contributed by atoms with E-state index in [1.54, 1.807) is 4.68 Å². The summed E-state index contributed by atoms with van der Waals surface area (Å²) in [6, 6.07) is 18.1. The van der Waals surface area contributed by atoms with Gasteiger partial charge in [0.05, 0.1) is 22.5 Å². The van der Waals surface area contributed by atoms with Crippen LogP contribution < -0.4 is 10.9 Å². The molecule has 0 saturated heterocycles. The number of amides is 1. The van der Waals surface area contributed by atoms with Gasteiger partial charge in [-0.2, -0.15) is 10.2 Å². The van der Waals surface area contributed by atoms with Crippen molar-refractivity contribution in [2.45, 2.75) is 46.6 Å². The maximum Gasteiger partial charge on any atom is 0.295 e. The van der Waals surface area contributed by atoms with Crippen LogP contribution in [0.5, 0.6) is 0 Å². The lowest BCUT2D eigenvalue weighted by Gasteiger charge is -2.08. The fourth-order valence-corrected chi connectivity index (χ4v) is 4.03. The van der Waals surface area contributed by atoms with Gasteiger partial charge in [0.2, 0.25) is 5.91 Å². The molecule has 7 heteroatoms. The van der Waals surface area contributed by atoms with E-state index in [1.807, 2.05) is 44.2 Å². The minimum atomic E-state index is -0.229. The zero-order valence-electron chi connectivity index (χ0n) is 19.3. The molecule has 7 nitrogen and oxygen atoms in total. The van der Waals surface area contributed by atoms with Gasteiger partial charge in [0.25, 0.3) is 5.56 Å². The van der Waals surface area contributed by atoms with Crippen LogP contribution in [-0.4, -0.2) is 32.0 Å². The molecule has 170 valence electrons. The van der Waals surface area contributed by atoms with Crippen molar-refractivity contribution in [2.75, 3.05) is 6.54 Å². The molecule has 0 aliphatic carbocycles. The maximum atomic E-state index is 13.0. The van der Waals surface area contributed by atoms with Gasteiger partial charge in [-0.1, -0.05) is 48.0 Å². The lowest BCUT2D eigenvalue weighted by atomic mass is 10.1. The molecule has 0 aliphatic heterocycles. The van der Waals surface area contributed by atoms with Gasteiger partial charge in [-0.3, -0.25) is 9.59 Å². The van der Waals surface area contributed by atoms with Crippen LogP contribution in [0.1, 0.15) is 35.4 Å². The van der Waals surface area contributed by atoms with Crippen LogP contribution in [0.15, 0.2) is 59.4 Å². The summed E-state index contributed by atoms with van der Waals surface area (Å²) in [7, 11) is 0. The molecule has 2 aromatic carbocycles. The number of aryl methyl sites for hydroxylation is 4. The van der Waals surface area contributed by atoms with Gasteiger partial charge >= 0.3 is 0 Å². The van der Waals surface area contributed by atoms with Crippen molar-refractivity contribution in [1.82, 2.24) is 24.9 Å². The summed E-state index contributed by atoms with van der Waals surface area (Å²) in [6.07, 6.45) is 1.68. The highest BCUT2D eigenvalue weighted by atomic mass is 16.1. The molecule has 1 N–H and O–H groups in total. The average Bonchev–Trinajstić information content (AvgIpc) is 3.17. The molecule has 33 heavy (non-hydrogen) atoms. The summed E-state index contributed by atoms with van der Waals surface area (Å²) >= 11 is 0. The molecule has 0 spiro atoms. The summed E-state index contributed by atoms with van der Waals surface area (Å²) in [5.41, 5.74) is 5.15. The molecule has 2 aromatic heterocycles. The van der Waals surface area contributed by atoms with E-state index in [-0.39, 0.29) is 11.5 Å². The van der Waals surface area contributed by atoms with Crippen LogP contribution in [0.2, 0.25) is 0 Å². The molecule has 0 unspecified atom stereocenters. The van der Waals surface area contributed by atoms with Crippen molar-refractivity contribution < 1.29 is 4.79 Å². The van der Waals surface area contributed by atoms with Gasteiger partial charge in [0.1, 0.15) is 0 Å². The molecule has 0 atom stereocenters. The molecule has 0 bridgehead atoms. The van der Waals surface area contributed by atoms with Gasteiger partial charge in [0, 0.05) is 19.5 Å². The first-order valence-corrected chi connectivity index (χ1v) is 11.3. The van der Waals surface area contributed by atoms with Crippen molar-refractivity contribution >= 4 is 16.8 Å². The topological polar surface area (TPSA) is 81.8 Å². The summed E-state index contributed by atoms with van der Waals surface area (Å²) in [4.78, 5) is 25.2. The zero-order chi connectivity index (χ0) is 23.4. The van der Waals surface area contributed by atoms with Crippen LogP contribution in [0.4, 0.5) is 0 Å². The van der Waals surface area contributed by atoms with E-state index >= 15 is 0 Å². The van der Waals surface area contributed by atoms with Crippen LogP contribution in [-0.2, 0) is 17.8 Å². The molecular formula is C26H29N5O2. The van der Waals surface area contributed by atoms with Gasteiger partial charge in [-0.25, -0.2) is 9.36 Å². The number of nitrogens with zero attached hydrogens (tertiary/aromatic N) is 4. The van der Waals surface area contributed by atoms with E-state index < -0.39 is 0 Å². The Hall–Kier alpha value is -3.74. The monoisotopic (exact) mass is 443 g/mol. The first-order valence-electron chi connectivity index (χ1n) is 11.3. The Bertz CT molecular complexity index is 1320. The third kappa shape index (κ3) is 5.03. The second kappa shape index (κ2) is 9.81. The Balaban J connectivity index is 1.38. The number of fused-ring (bicyclic) bond motifs is 1. The highest BCUT2D eigenvalue weighted by molar-refractivity contribution is 5.83. The van der Waals surface area contributed by atoms with Crippen molar-refractivity contribution in [3.63, 3.8) is 0 Å². The Labute approximate surface area is 193 Å². The number of nitrogens with one attached hydrogen (secondary N) is 1. The Morgan fingerprint density at radius 3 is 2.42 bits per heavy atom. The van der Waals surface area contributed by atoms with Gasteiger partial charge in [0.15, 0.2) is 5.52 Å². The molecule has 4 aromatic rings. The first-order chi connectivity index (χ1) is 15.9. The van der Waals surface area contributed by atoms with Gasteiger partial charge in [-0.15, -0.1) is 0 Å². The minimum Gasteiger partial charge on any atom is -0.356 e. The van der Waals surface area contributed by atoms with Crippen LogP contribution in [0.25, 0.3) is 16.6 Å². The number of rotatable bonds is 8. The summed E-state index contributed by atoms with van der Waals surface area (Å²) < 4.78 is 3.21. The number of aromatic nitrogens is 4. The number of para-hydroxylation sites is 1. The normalized spacial score (nSPS) is 11.1. The molecule has 0 saturated carbocycles. The lowest BCUT2D eigenvalue weighted by Crippen LogP contribution is -2.27. The standard InChI is InChI=1S/C26H29N5O2/c1-18-11-13-21(14-12-18)15-16-27-23(32)10-7-17-30-26(33)25-24(19(2)28-30)20(3)31(29-25)22-8-5-4-6-9-22/h4-6,8-9,11-14H,7,10,15-17H2,1-3H3,(H,27,32). The van der Waals surface area contributed by atoms with Gasteiger partial charge in [-0.05, 0) is 51.3 Å². The summed E-state index contributed by atoms with van der Waals surface area (Å²) in [5.74, 6) is -0.0165. The highest BCUT2D eigenvalue weighted by Gasteiger charge is 2.17. The fraction of sp³-hybridized carbons (Fsp3) is 0.308. The Morgan fingerprint density at radius 2 is 1.70 bits per heavy atom. The zero-order valence-corrected chi connectivity index (χ0v) is 19.3. The fourth-order valence-electron chi connectivity index (χ4n) is 4.03. The lowest BCUT2D eigenvalue weighted by molar-refractivity contribution is -0.121. The molecule has 0 fully saturated rings. The second-order valence-corrected chi connectivity index (χ2v) is 8.36. The molecule has 2 heterocycles. The first kappa shape index (κ1) is 22.5. The predicted octanol–water partition coefficient (Wildman–Crippen LogP) is 3.65. The number of hydrogen-bond donors (Lipinski definition) is 1. The number of carbonyl (C=O) groups is 1. The third-order valence-electron chi connectivity index (χ3n) is 5.82. The third-order valence-corrected chi connectivity index (χ3v) is 5.82.